The standard InChI is InChI=1S/C11H11N3O/c1-7-6-14(7)11(15)10-3-9(4-12)5-13-8(10)2/h3,5,7H,6H2,1-2H3/t7-,14?/m0/s1. The average molecular weight is 201 g/mol. The van der Waals surface area contributed by atoms with Crippen molar-refractivity contribution in [1.29, 1.82) is 5.26 Å². The molecule has 4 heteroatoms. The van der Waals surface area contributed by atoms with Crippen LogP contribution in [0.15, 0.2) is 12.3 Å². The van der Waals surface area contributed by atoms with Gasteiger partial charge in [0.1, 0.15) is 6.07 Å². The van der Waals surface area contributed by atoms with Crippen LogP contribution in [0.25, 0.3) is 0 Å². The number of rotatable bonds is 1. The number of hydrogen-bond donors (Lipinski definition) is 0. The number of nitrogens with zero attached hydrogens (tertiary/aromatic N) is 3. The van der Waals surface area contributed by atoms with E-state index >= 15 is 0 Å². The topological polar surface area (TPSA) is 56.8 Å². The van der Waals surface area contributed by atoms with Crippen molar-refractivity contribution in [3.05, 3.63) is 29.1 Å². The first-order valence-corrected chi connectivity index (χ1v) is 4.81. The summed E-state index contributed by atoms with van der Waals surface area (Å²) in [6.45, 7) is 4.58. The Kier molecular flexibility index (Phi) is 2.16. The second-order valence-electron chi connectivity index (χ2n) is 3.78. The van der Waals surface area contributed by atoms with E-state index in [1.165, 1.54) is 6.20 Å². The SMILES string of the molecule is Cc1ncc(C#N)cc1C(=O)N1C[C@@H]1C. The molecule has 15 heavy (non-hydrogen) atoms. The van der Waals surface area contributed by atoms with Crippen LogP contribution in [0.3, 0.4) is 0 Å². The molecule has 0 unspecified atom stereocenters. The van der Waals surface area contributed by atoms with Crippen molar-refractivity contribution < 1.29 is 4.79 Å². The van der Waals surface area contributed by atoms with E-state index in [-0.39, 0.29) is 5.91 Å². The zero-order valence-corrected chi connectivity index (χ0v) is 8.69. The maximum atomic E-state index is 11.9. The zero-order chi connectivity index (χ0) is 11.0. The Bertz CT molecular complexity index is 461. The van der Waals surface area contributed by atoms with Crippen LogP contribution < -0.4 is 0 Å². The molecule has 1 aromatic rings. The summed E-state index contributed by atoms with van der Waals surface area (Å²) in [7, 11) is 0. The summed E-state index contributed by atoms with van der Waals surface area (Å²) in [5.74, 6) is -0.0235. The Balaban J connectivity index is 2.35. The van der Waals surface area contributed by atoms with Gasteiger partial charge in [-0.1, -0.05) is 0 Å². The van der Waals surface area contributed by atoms with Gasteiger partial charge in [0.15, 0.2) is 0 Å². The molecule has 0 radical (unpaired) electrons. The van der Waals surface area contributed by atoms with Crippen LogP contribution in [-0.4, -0.2) is 28.4 Å². The highest BCUT2D eigenvalue weighted by atomic mass is 16.2. The number of pyridine rings is 1. The van der Waals surface area contributed by atoms with Crippen LogP contribution in [-0.2, 0) is 0 Å². The number of aryl methyl sites for hydroxylation is 1. The van der Waals surface area contributed by atoms with E-state index in [0.29, 0.717) is 22.9 Å². The summed E-state index contributed by atoms with van der Waals surface area (Å²) in [5.41, 5.74) is 1.65. The lowest BCUT2D eigenvalue weighted by Crippen LogP contribution is -2.15. The third kappa shape index (κ3) is 1.68. The lowest BCUT2D eigenvalue weighted by Gasteiger charge is -2.05. The van der Waals surface area contributed by atoms with Crippen LogP contribution in [0.4, 0.5) is 0 Å². The van der Waals surface area contributed by atoms with Gasteiger partial charge in [-0.2, -0.15) is 5.26 Å². The van der Waals surface area contributed by atoms with Gasteiger partial charge in [0.05, 0.1) is 16.8 Å². The van der Waals surface area contributed by atoms with Crippen molar-refractivity contribution in [2.75, 3.05) is 6.54 Å². The van der Waals surface area contributed by atoms with Crippen molar-refractivity contribution in [1.82, 2.24) is 9.88 Å². The van der Waals surface area contributed by atoms with Gasteiger partial charge in [-0.05, 0) is 19.9 Å². The summed E-state index contributed by atoms with van der Waals surface area (Å²) >= 11 is 0. The highest BCUT2D eigenvalue weighted by molar-refractivity contribution is 5.97. The molecule has 0 spiro atoms. The number of carbonyl (C=O) groups excluding carboxylic acids is 1. The van der Waals surface area contributed by atoms with Gasteiger partial charge in [-0.3, -0.25) is 9.78 Å². The molecule has 1 aliphatic rings. The monoisotopic (exact) mass is 201 g/mol. The Labute approximate surface area is 88.1 Å². The fourth-order valence-corrected chi connectivity index (χ4v) is 1.49. The Morgan fingerprint density at radius 3 is 2.93 bits per heavy atom. The predicted molar refractivity (Wildman–Crippen MR) is 54.2 cm³/mol. The predicted octanol–water partition coefficient (Wildman–Crippen LogP) is 1.11. The van der Waals surface area contributed by atoms with Crippen molar-refractivity contribution >= 4 is 5.91 Å². The second-order valence-corrected chi connectivity index (χ2v) is 3.78. The van der Waals surface area contributed by atoms with Gasteiger partial charge in [0, 0.05) is 18.8 Å². The quantitative estimate of drug-likeness (QED) is 0.639. The van der Waals surface area contributed by atoms with Crippen LogP contribution >= 0.6 is 0 Å². The van der Waals surface area contributed by atoms with Crippen molar-refractivity contribution in [3.63, 3.8) is 0 Å². The smallest absolute Gasteiger partial charge is 0.256 e. The van der Waals surface area contributed by atoms with E-state index in [0.717, 1.165) is 6.54 Å². The van der Waals surface area contributed by atoms with E-state index < -0.39 is 0 Å². The third-order valence-electron chi connectivity index (χ3n) is 2.57. The summed E-state index contributed by atoms with van der Waals surface area (Å²) in [6, 6.07) is 3.92. The molecule has 76 valence electrons. The minimum atomic E-state index is -0.0235. The maximum Gasteiger partial charge on any atom is 0.256 e. The molecule has 0 saturated carbocycles. The molecule has 0 bridgehead atoms. The molecule has 2 heterocycles. The number of nitriles is 1. The van der Waals surface area contributed by atoms with E-state index in [4.69, 9.17) is 5.26 Å². The van der Waals surface area contributed by atoms with Crippen LogP contribution in [0.1, 0.15) is 28.5 Å². The van der Waals surface area contributed by atoms with E-state index in [1.54, 1.807) is 17.9 Å². The van der Waals surface area contributed by atoms with Crippen LogP contribution in [0, 0.1) is 18.3 Å². The lowest BCUT2D eigenvalue weighted by atomic mass is 10.1. The molecule has 1 fully saturated rings. The van der Waals surface area contributed by atoms with Gasteiger partial charge in [-0.25, -0.2) is 0 Å². The fraction of sp³-hybridized carbons (Fsp3) is 0.364. The van der Waals surface area contributed by atoms with E-state index in [2.05, 4.69) is 4.98 Å². The lowest BCUT2D eigenvalue weighted by molar-refractivity contribution is 0.0875. The number of hydrogen-bond acceptors (Lipinski definition) is 3. The van der Waals surface area contributed by atoms with Crippen molar-refractivity contribution in [3.8, 4) is 6.07 Å². The number of carbonyl (C=O) groups is 1. The van der Waals surface area contributed by atoms with Gasteiger partial charge in [0.2, 0.25) is 0 Å². The molecule has 2 rings (SSSR count). The van der Waals surface area contributed by atoms with Gasteiger partial charge < -0.3 is 4.90 Å². The normalized spacial score (nSPS) is 18.5. The fourth-order valence-electron chi connectivity index (χ4n) is 1.49. The highest BCUT2D eigenvalue weighted by Crippen LogP contribution is 2.21. The summed E-state index contributed by atoms with van der Waals surface area (Å²) in [6.07, 6.45) is 1.48. The average Bonchev–Trinajstić information content (AvgIpc) is 2.95. The molecule has 1 amide bonds. The largest absolute Gasteiger partial charge is 0.332 e. The molecular formula is C11H11N3O. The summed E-state index contributed by atoms with van der Waals surface area (Å²) < 4.78 is 0. The zero-order valence-electron chi connectivity index (χ0n) is 8.69. The summed E-state index contributed by atoms with van der Waals surface area (Å²) in [5, 5.41) is 8.73. The molecule has 1 saturated heterocycles. The van der Waals surface area contributed by atoms with Crippen LogP contribution in [0.2, 0.25) is 0 Å². The van der Waals surface area contributed by atoms with Gasteiger partial charge >= 0.3 is 0 Å². The van der Waals surface area contributed by atoms with Crippen molar-refractivity contribution in [2.45, 2.75) is 19.9 Å². The van der Waals surface area contributed by atoms with Crippen molar-refractivity contribution in [2.24, 2.45) is 0 Å². The highest BCUT2D eigenvalue weighted by Gasteiger charge is 2.35. The molecule has 4 nitrogen and oxygen atoms in total. The van der Waals surface area contributed by atoms with Gasteiger partial charge in [0.25, 0.3) is 5.91 Å². The Hall–Kier alpha value is -1.89. The number of amides is 1. The maximum absolute atomic E-state index is 11.9. The van der Waals surface area contributed by atoms with E-state index in [1.807, 2.05) is 13.0 Å². The molecule has 1 aliphatic heterocycles. The molecule has 1 atom stereocenters. The Morgan fingerprint density at radius 2 is 2.40 bits per heavy atom. The Morgan fingerprint density at radius 1 is 1.73 bits per heavy atom. The molecular weight excluding hydrogens is 190 g/mol. The first kappa shape index (κ1) is 9.66. The van der Waals surface area contributed by atoms with E-state index in [9.17, 15) is 4.79 Å². The molecule has 0 aliphatic carbocycles. The first-order chi connectivity index (χ1) is 7.13. The number of aromatic nitrogens is 1. The summed E-state index contributed by atoms with van der Waals surface area (Å²) in [4.78, 5) is 17.7. The molecule has 0 N–H and O–H groups in total. The van der Waals surface area contributed by atoms with Gasteiger partial charge in [-0.15, -0.1) is 0 Å². The third-order valence-corrected chi connectivity index (χ3v) is 2.57. The molecule has 1 aromatic heterocycles. The second kappa shape index (κ2) is 3.35. The first-order valence-electron chi connectivity index (χ1n) is 4.81. The van der Waals surface area contributed by atoms with Crippen LogP contribution in [0.5, 0.6) is 0 Å². The minimum Gasteiger partial charge on any atom is -0.332 e. The minimum absolute atomic E-state index is 0.0235. The molecule has 0 aromatic carbocycles.